The number of rotatable bonds is 5. The molecule has 4 aromatic rings. The van der Waals surface area contributed by atoms with Gasteiger partial charge < -0.3 is 19.1 Å². The third-order valence-electron chi connectivity index (χ3n) is 4.50. The third-order valence-corrected chi connectivity index (χ3v) is 4.80. The minimum absolute atomic E-state index is 0.214. The van der Waals surface area contributed by atoms with Gasteiger partial charge in [-0.15, -0.1) is 0 Å². The van der Waals surface area contributed by atoms with Crippen LogP contribution in [0.3, 0.4) is 0 Å². The van der Waals surface area contributed by atoms with E-state index in [4.69, 9.17) is 31.2 Å². The van der Waals surface area contributed by atoms with Gasteiger partial charge in [-0.25, -0.2) is 9.78 Å². The monoisotopic (exact) mass is 409 g/mol. The summed E-state index contributed by atoms with van der Waals surface area (Å²) in [5.41, 5.74) is 2.32. The summed E-state index contributed by atoms with van der Waals surface area (Å²) in [4.78, 5) is 20.3. The highest BCUT2D eigenvalue weighted by atomic mass is 35.5. The molecule has 0 saturated carbocycles. The molecular formula is C21H16ClN3O4. The summed E-state index contributed by atoms with van der Waals surface area (Å²) in [6, 6.07) is 13.7. The molecule has 0 aliphatic heterocycles. The summed E-state index contributed by atoms with van der Waals surface area (Å²) >= 11 is 6.25. The van der Waals surface area contributed by atoms with Crippen molar-refractivity contribution in [1.29, 1.82) is 0 Å². The Morgan fingerprint density at radius 2 is 1.79 bits per heavy atom. The number of hydrogen-bond acceptors (Lipinski definition) is 5. The molecule has 2 aromatic carbocycles. The van der Waals surface area contributed by atoms with Crippen LogP contribution in [0.15, 0.2) is 54.7 Å². The smallest absolute Gasteiger partial charge is 0.335 e. The number of fused-ring (bicyclic) bond motifs is 1. The molecule has 0 saturated heterocycles. The summed E-state index contributed by atoms with van der Waals surface area (Å²) in [5.74, 6) is 0.459. The quantitative estimate of drug-likeness (QED) is 0.523. The number of methoxy groups -OCH3 is 2. The number of halogens is 1. The van der Waals surface area contributed by atoms with Crippen molar-refractivity contribution < 1.29 is 19.4 Å². The van der Waals surface area contributed by atoms with E-state index in [1.165, 1.54) is 0 Å². The van der Waals surface area contributed by atoms with Crippen LogP contribution in [0.1, 0.15) is 10.4 Å². The molecule has 2 heterocycles. The highest BCUT2D eigenvalue weighted by Crippen LogP contribution is 2.32. The van der Waals surface area contributed by atoms with Gasteiger partial charge in [0.05, 0.1) is 30.2 Å². The van der Waals surface area contributed by atoms with Gasteiger partial charge in [-0.2, -0.15) is 4.98 Å². The minimum atomic E-state index is -0.975. The van der Waals surface area contributed by atoms with E-state index >= 15 is 0 Å². The lowest BCUT2D eigenvalue weighted by Crippen LogP contribution is -2.00. The van der Waals surface area contributed by atoms with Crippen molar-refractivity contribution in [3.63, 3.8) is 0 Å². The van der Waals surface area contributed by atoms with Gasteiger partial charge in [0.25, 0.3) is 0 Å². The molecule has 8 heteroatoms. The van der Waals surface area contributed by atoms with E-state index < -0.39 is 5.97 Å². The fourth-order valence-corrected chi connectivity index (χ4v) is 3.31. The molecule has 2 aromatic heterocycles. The Kier molecular flexibility index (Phi) is 4.82. The van der Waals surface area contributed by atoms with E-state index in [1.54, 1.807) is 50.6 Å². The van der Waals surface area contributed by atoms with E-state index in [-0.39, 0.29) is 5.56 Å². The first-order valence-corrected chi connectivity index (χ1v) is 9.00. The van der Waals surface area contributed by atoms with Gasteiger partial charge in [-0.3, -0.25) is 0 Å². The van der Waals surface area contributed by atoms with E-state index in [0.717, 1.165) is 11.1 Å². The van der Waals surface area contributed by atoms with Gasteiger partial charge in [-0.05, 0) is 48.5 Å². The zero-order valence-electron chi connectivity index (χ0n) is 15.6. The van der Waals surface area contributed by atoms with Gasteiger partial charge in [0, 0.05) is 17.4 Å². The fraction of sp³-hybridized carbons (Fsp3) is 0.0952. The Bertz CT molecular complexity index is 1220. The Balaban J connectivity index is 1.87. The summed E-state index contributed by atoms with van der Waals surface area (Å²) in [6.45, 7) is 0. The predicted molar refractivity (Wildman–Crippen MR) is 109 cm³/mol. The molecule has 0 bridgehead atoms. The van der Waals surface area contributed by atoms with Crippen molar-refractivity contribution in [3.8, 4) is 28.7 Å². The molecule has 0 aliphatic carbocycles. The van der Waals surface area contributed by atoms with Gasteiger partial charge in [0.2, 0.25) is 5.88 Å². The Hall–Kier alpha value is -3.58. The van der Waals surface area contributed by atoms with Crippen LogP contribution in [0.25, 0.3) is 28.1 Å². The van der Waals surface area contributed by atoms with Crippen LogP contribution in [0.4, 0.5) is 0 Å². The number of hydrogen-bond donors (Lipinski definition) is 1. The van der Waals surface area contributed by atoms with Crippen molar-refractivity contribution in [2.24, 2.45) is 0 Å². The number of aromatic carboxylic acids is 1. The number of carbonyl (C=O) groups is 1. The maximum atomic E-state index is 11.1. The minimum Gasteiger partial charge on any atom is -0.495 e. The van der Waals surface area contributed by atoms with Crippen LogP contribution in [-0.2, 0) is 0 Å². The standard InChI is InChI=1S/C21H16ClN3O4/c1-28-17-8-5-13(11-16(17)22)18-23-19-15(20(24-18)29-2)9-10-25(19)14-6-3-12(4-7-14)21(26)27/h3-11H,1-2H3,(H,26,27). The first kappa shape index (κ1) is 18.8. The normalized spacial score (nSPS) is 10.9. The molecule has 0 radical (unpaired) electrons. The summed E-state index contributed by atoms with van der Waals surface area (Å²) in [5, 5.41) is 10.3. The second-order valence-corrected chi connectivity index (χ2v) is 6.59. The lowest BCUT2D eigenvalue weighted by molar-refractivity contribution is 0.0697. The molecule has 1 N–H and O–H groups in total. The van der Waals surface area contributed by atoms with Crippen molar-refractivity contribution in [1.82, 2.24) is 14.5 Å². The molecule has 29 heavy (non-hydrogen) atoms. The van der Waals surface area contributed by atoms with Crippen LogP contribution in [0.5, 0.6) is 11.6 Å². The SMILES string of the molecule is COc1ccc(-c2nc(OC)c3ccn(-c4ccc(C(=O)O)cc4)c3n2)cc1Cl. The van der Waals surface area contributed by atoms with Crippen molar-refractivity contribution in [2.45, 2.75) is 0 Å². The van der Waals surface area contributed by atoms with E-state index in [2.05, 4.69) is 4.98 Å². The molecule has 0 unspecified atom stereocenters. The Morgan fingerprint density at radius 3 is 2.41 bits per heavy atom. The Morgan fingerprint density at radius 1 is 1.03 bits per heavy atom. The topological polar surface area (TPSA) is 86.5 Å². The summed E-state index contributed by atoms with van der Waals surface area (Å²) in [6.07, 6.45) is 1.84. The van der Waals surface area contributed by atoms with Crippen LogP contribution < -0.4 is 9.47 Å². The van der Waals surface area contributed by atoms with E-state index in [0.29, 0.717) is 33.7 Å². The van der Waals surface area contributed by atoms with Crippen molar-refractivity contribution in [2.75, 3.05) is 14.2 Å². The number of aromatic nitrogens is 3. The van der Waals surface area contributed by atoms with E-state index in [1.807, 2.05) is 22.9 Å². The maximum Gasteiger partial charge on any atom is 0.335 e. The molecule has 0 aliphatic rings. The Labute approximate surface area is 171 Å². The van der Waals surface area contributed by atoms with Crippen LogP contribution in [0, 0.1) is 0 Å². The fourth-order valence-electron chi connectivity index (χ4n) is 3.05. The van der Waals surface area contributed by atoms with E-state index in [9.17, 15) is 4.79 Å². The molecule has 146 valence electrons. The maximum absolute atomic E-state index is 11.1. The molecule has 7 nitrogen and oxygen atoms in total. The van der Waals surface area contributed by atoms with Gasteiger partial charge in [-0.1, -0.05) is 11.6 Å². The third kappa shape index (κ3) is 3.36. The number of carboxylic acid groups (broad SMARTS) is 1. The van der Waals surface area contributed by atoms with Crippen LogP contribution in [0.2, 0.25) is 5.02 Å². The molecule has 0 fully saturated rings. The van der Waals surface area contributed by atoms with Crippen LogP contribution >= 0.6 is 11.6 Å². The average molecular weight is 410 g/mol. The van der Waals surface area contributed by atoms with Crippen LogP contribution in [-0.4, -0.2) is 39.8 Å². The predicted octanol–water partition coefficient (Wildman–Crippen LogP) is 4.46. The highest BCUT2D eigenvalue weighted by Gasteiger charge is 2.16. The number of carboxylic acids is 1. The second kappa shape index (κ2) is 7.44. The highest BCUT2D eigenvalue weighted by molar-refractivity contribution is 6.32. The number of ether oxygens (including phenoxy) is 2. The van der Waals surface area contributed by atoms with Gasteiger partial charge in [0.15, 0.2) is 11.5 Å². The molecule has 0 amide bonds. The number of benzene rings is 2. The van der Waals surface area contributed by atoms with Crippen molar-refractivity contribution in [3.05, 3.63) is 65.3 Å². The van der Waals surface area contributed by atoms with Gasteiger partial charge >= 0.3 is 5.97 Å². The summed E-state index contributed by atoms with van der Waals surface area (Å²) in [7, 11) is 3.10. The molecule has 0 spiro atoms. The lowest BCUT2D eigenvalue weighted by Gasteiger charge is -2.10. The average Bonchev–Trinajstić information content (AvgIpc) is 3.17. The zero-order valence-corrected chi connectivity index (χ0v) is 16.3. The van der Waals surface area contributed by atoms with Gasteiger partial charge in [0.1, 0.15) is 5.75 Å². The molecular weight excluding hydrogens is 394 g/mol. The first-order valence-electron chi connectivity index (χ1n) is 8.62. The molecule has 0 atom stereocenters. The zero-order chi connectivity index (χ0) is 20.5. The summed E-state index contributed by atoms with van der Waals surface area (Å²) < 4.78 is 12.5. The molecule has 4 rings (SSSR count). The number of nitrogens with zero attached hydrogens (tertiary/aromatic N) is 3. The lowest BCUT2D eigenvalue weighted by atomic mass is 10.2. The van der Waals surface area contributed by atoms with Crippen molar-refractivity contribution >= 4 is 28.6 Å². The first-order chi connectivity index (χ1) is 14.0. The second-order valence-electron chi connectivity index (χ2n) is 6.18. The largest absolute Gasteiger partial charge is 0.495 e.